The molecule has 3 rings (SSSR count). The van der Waals surface area contributed by atoms with Crippen LogP contribution in [0.25, 0.3) is 11.1 Å². The van der Waals surface area contributed by atoms with Crippen molar-refractivity contribution in [2.24, 2.45) is 0 Å². The van der Waals surface area contributed by atoms with Crippen LogP contribution in [-0.4, -0.2) is 67.3 Å². The summed E-state index contributed by atoms with van der Waals surface area (Å²) in [6.45, 7) is 0.965. The Morgan fingerprint density at radius 3 is 2.16 bits per heavy atom. The molecular weight excluding hydrogens is 615 g/mol. The standard InChI is InChI=1S/C31H38F7NO4S/c1-39(15-7-16-44(42,43)17-13-30(34,35)31(36,37)38)14-5-3-2-4-9-24-23(22-11-12-26(32)28(40)19-22)10-6-8-21-18-29(41)27(33)20-25(21)24/h11-12,18-20,40-41H,2-10,13-17H2,1H3. The van der Waals surface area contributed by atoms with E-state index in [9.17, 15) is 49.4 Å². The fraction of sp³-hybridized carbons (Fsp3) is 0.548. The first-order valence-electron chi connectivity index (χ1n) is 14.6. The van der Waals surface area contributed by atoms with Crippen LogP contribution in [0.3, 0.4) is 0 Å². The molecule has 0 radical (unpaired) electrons. The first-order chi connectivity index (χ1) is 20.5. The molecule has 1 aliphatic carbocycles. The van der Waals surface area contributed by atoms with Crippen LogP contribution in [0.1, 0.15) is 74.5 Å². The van der Waals surface area contributed by atoms with E-state index >= 15 is 0 Å². The lowest BCUT2D eigenvalue weighted by Gasteiger charge is -2.19. The maximum Gasteiger partial charge on any atom is 0.453 e. The molecule has 0 atom stereocenters. The third kappa shape index (κ3) is 9.85. The number of hydrogen-bond donors (Lipinski definition) is 2. The molecule has 1 aliphatic rings. The third-order valence-corrected chi connectivity index (χ3v) is 9.62. The van der Waals surface area contributed by atoms with Gasteiger partial charge in [-0.15, -0.1) is 0 Å². The highest BCUT2D eigenvalue weighted by molar-refractivity contribution is 7.91. The minimum Gasteiger partial charge on any atom is -0.505 e. The maximum absolute atomic E-state index is 14.4. The van der Waals surface area contributed by atoms with E-state index in [4.69, 9.17) is 0 Å². The average molecular weight is 654 g/mol. The Morgan fingerprint density at radius 2 is 1.48 bits per heavy atom. The Hall–Kier alpha value is -2.80. The van der Waals surface area contributed by atoms with Gasteiger partial charge in [-0.05, 0) is 117 Å². The highest BCUT2D eigenvalue weighted by atomic mass is 32.2. The molecule has 0 saturated carbocycles. The van der Waals surface area contributed by atoms with Gasteiger partial charge in [-0.25, -0.2) is 17.2 Å². The Morgan fingerprint density at radius 1 is 0.818 bits per heavy atom. The zero-order chi connectivity index (χ0) is 32.7. The lowest BCUT2D eigenvalue weighted by Crippen LogP contribution is -2.38. The number of hydrogen-bond acceptors (Lipinski definition) is 5. The number of fused-ring (bicyclic) bond motifs is 1. The monoisotopic (exact) mass is 653 g/mol. The van der Waals surface area contributed by atoms with Crippen molar-refractivity contribution in [1.29, 1.82) is 0 Å². The molecule has 13 heteroatoms. The van der Waals surface area contributed by atoms with Crippen LogP contribution in [0.4, 0.5) is 30.7 Å². The summed E-state index contributed by atoms with van der Waals surface area (Å²) in [6, 6.07) is 6.91. The maximum atomic E-state index is 14.4. The van der Waals surface area contributed by atoms with Gasteiger partial charge in [0.15, 0.2) is 33.0 Å². The van der Waals surface area contributed by atoms with Crippen molar-refractivity contribution in [3.63, 3.8) is 0 Å². The number of phenols is 2. The molecule has 5 nitrogen and oxygen atoms in total. The van der Waals surface area contributed by atoms with Crippen LogP contribution in [0.15, 0.2) is 30.3 Å². The number of aromatic hydroxyl groups is 2. The van der Waals surface area contributed by atoms with Crippen molar-refractivity contribution in [2.45, 2.75) is 76.3 Å². The SMILES string of the molecule is CN(CCCCCCC1=C(c2ccc(F)c(O)c2)CCCc2cc(O)c(F)cc21)CCCS(=O)(=O)CCC(F)(F)C(F)(F)F. The van der Waals surface area contributed by atoms with Crippen LogP contribution in [0, 0.1) is 11.6 Å². The number of phenolic OH excluding ortho intramolecular Hbond substituents is 2. The van der Waals surface area contributed by atoms with Gasteiger partial charge >= 0.3 is 12.1 Å². The van der Waals surface area contributed by atoms with Crippen LogP contribution in [0.5, 0.6) is 11.5 Å². The molecule has 44 heavy (non-hydrogen) atoms. The molecule has 0 heterocycles. The van der Waals surface area contributed by atoms with Crippen molar-refractivity contribution in [1.82, 2.24) is 4.90 Å². The van der Waals surface area contributed by atoms with Crippen molar-refractivity contribution in [2.75, 3.05) is 31.6 Å². The molecule has 2 aromatic carbocycles. The molecule has 2 N–H and O–H groups in total. The van der Waals surface area contributed by atoms with E-state index in [1.54, 1.807) is 13.1 Å². The number of halogens is 7. The summed E-state index contributed by atoms with van der Waals surface area (Å²) in [6.07, 6.45) is -1.73. The molecule has 0 unspecified atom stereocenters. The summed E-state index contributed by atoms with van der Waals surface area (Å²) in [5.41, 5.74) is 3.93. The number of unbranched alkanes of at least 4 members (excludes halogenated alkanes) is 3. The number of rotatable bonds is 15. The van der Waals surface area contributed by atoms with E-state index in [1.165, 1.54) is 24.3 Å². The fourth-order valence-corrected chi connectivity index (χ4v) is 6.74. The van der Waals surface area contributed by atoms with Gasteiger partial charge in [0.2, 0.25) is 0 Å². The number of nitrogens with zero attached hydrogens (tertiary/aromatic N) is 1. The molecule has 0 aliphatic heterocycles. The van der Waals surface area contributed by atoms with Crippen molar-refractivity contribution in [3.05, 3.63) is 58.7 Å². The zero-order valence-electron chi connectivity index (χ0n) is 24.5. The summed E-state index contributed by atoms with van der Waals surface area (Å²) in [5, 5.41) is 19.9. The molecule has 0 fully saturated rings. The molecule has 246 valence electrons. The van der Waals surface area contributed by atoms with Gasteiger partial charge in [-0.2, -0.15) is 22.0 Å². The quantitative estimate of drug-likeness (QED) is 0.151. The van der Waals surface area contributed by atoms with Gasteiger partial charge in [-0.1, -0.05) is 18.9 Å². The lowest BCUT2D eigenvalue weighted by atomic mass is 9.88. The Kier molecular flexibility index (Phi) is 12.2. The van der Waals surface area contributed by atoms with Crippen LogP contribution >= 0.6 is 0 Å². The predicted octanol–water partition coefficient (Wildman–Crippen LogP) is 7.90. The van der Waals surface area contributed by atoms with Crippen molar-refractivity contribution >= 4 is 21.0 Å². The summed E-state index contributed by atoms with van der Waals surface area (Å²) >= 11 is 0. The van der Waals surface area contributed by atoms with Gasteiger partial charge in [0.1, 0.15) is 0 Å². The second kappa shape index (κ2) is 15.0. The van der Waals surface area contributed by atoms with Gasteiger partial charge in [-0.3, -0.25) is 0 Å². The molecule has 0 spiro atoms. The average Bonchev–Trinajstić information content (AvgIpc) is 3.09. The van der Waals surface area contributed by atoms with E-state index in [-0.39, 0.29) is 6.42 Å². The number of benzene rings is 2. The summed E-state index contributed by atoms with van der Waals surface area (Å²) in [4.78, 5) is 1.87. The highest BCUT2D eigenvalue weighted by Gasteiger charge is 2.57. The van der Waals surface area contributed by atoms with E-state index in [0.29, 0.717) is 43.5 Å². The minimum atomic E-state index is -5.78. The largest absolute Gasteiger partial charge is 0.505 e. The number of allylic oxidation sites excluding steroid dienone is 2. The van der Waals surface area contributed by atoms with Gasteiger partial charge < -0.3 is 15.1 Å². The second-order valence-electron chi connectivity index (χ2n) is 11.4. The number of alkyl halides is 5. The Balaban J connectivity index is 1.51. The summed E-state index contributed by atoms with van der Waals surface area (Å²) in [5.74, 6) is -9.12. The Labute approximate surface area is 253 Å². The van der Waals surface area contributed by atoms with E-state index < -0.39 is 63.0 Å². The molecule has 0 aromatic heterocycles. The number of sulfone groups is 1. The smallest absolute Gasteiger partial charge is 0.453 e. The minimum absolute atomic E-state index is 0.109. The summed E-state index contributed by atoms with van der Waals surface area (Å²) < 4.78 is 115. The second-order valence-corrected chi connectivity index (χ2v) is 13.7. The van der Waals surface area contributed by atoms with Gasteiger partial charge in [0.05, 0.1) is 11.5 Å². The van der Waals surface area contributed by atoms with E-state index in [2.05, 4.69) is 0 Å². The molecule has 2 aromatic rings. The van der Waals surface area contributed by atoms with Gasteiger partial charge in [0.25, 0.3) is 0 Å². The first-order valence-corrected chi connectivity index (χ1v) is 16.4. The van der Waals surface area contributed by atoms with Gasteiger partial charge in [0, 0.05) is 6.42 Å². The molecular formula is C31H38F7NO4S. The first kappa shape index (κ1) is 35.7. The predicted molar refractivity (Wildman–Crippen MR) is 155 cm³/mol. The van der Waals surface area contributed by atoms with Crippen LogP contribution in [-0.2, 0) is 16.3 Å². The lowest BCUT2D eigenvalue weighted by molar-refractivity contribution is -0.282. The molecule has 0 amide bonds. The van der Waals surface area contributed by atoms with Crippen molar-refractivity contribution < 1.29 is 49.4 Å². The highest BCUT2D eigenvalue weighted by Crippen LogP contribution is 2.41. The van der Waals surface area contributed by atoms with E-state index in [0.717, 1.165) is 48.8 Å². The third-order valence-electron chi connectivity index (χ3n) is 7.88. The Bertz CT molecular complexity index is 1420. The van der Waals surface area contributed by atoms with Crippen LogP contribution < -0.4 is 0 Å². The molecule has 0 saturated heterocycles. The normalized spacial score (nSPS) is 14.7. The fourth-order valence-electron chi connectivity index (χ4n) is 5.40. The van der Waals surface area contributed by atoms with E-state index in [1.807, 2.05) is 4.90 Å². The zero-order valence-corrected chi connectivity index (χ0v) is 25.3. The van der Waals surface area contributed by atoms with Crippen LogP contribution in [0.2, 0.25) is 0 Å². The number of aryl methyl sites for hydroxylation is 1. The topological polar surface area (TPSA) is 77.8 Å². The van der Waals surface area contributed by atoms with Crippen molar-refractivity contribution in [3.8, 4) is 11.5 Å². The molecule has 0 bridgehead atoms. The summed E-state index contributed by atoms with van der Waals surface area (Å²) in [7, 11) is -2.28.